The summed E-state index contributed by atoms with van der Waals surface area (Å²) in [4.78, 5) is 0. The number of rotatable bonds is 2. The highest BCUT2D eigenvalue weighted by Gasteiger charge is 2.64. The van der Waals surface area contributed by atoms with Gasteiger partial charge in [-0.3, -0.25) is 0 Å². The van der Waals surface area contributed by atoms with Crippen LogP contribution in [0.2, 0.25) is 0 Å². The second kappa shape index (κ2) is 3.12. The minimum Gasteiger partial charge on any atom is -0.376 e. The molecule has 2 saturated carbocycles. The third-order valence-electron chi connectivity index (χ3n) is 5.02. The summed E-state index contributed by atoms with van der Waals surface area (Å²) in [5.41, 5.74) is 11.3. The van der Waals surface area contributed by atoms with E-state index in [4.69, 9.17) is 10.5 Å². The summed E-state index contributed by atoms with van der Waals surface area (Å²) in [6.45, 7) is 1.66. The van der Waals surface area contributed by atoms with Crippen molar-refractivity contribution in [3.05, 3.63) is 34.9 Å². The molecule has 3 aliphatic rings. The third kappa shape index (κ3) is 1.34. The van der Waals surface area contributed by atoms with Crippen LogP contribution in [0, 0.1) is 0 Å². The van der Waals surface area contributed by atoms with Crippen LogP contribution in [0.4, 0.5) is 0 Å². The molecule has 1 heterocycles. The smallest absolute Gasteiger partial charge is 0.0719 e. The highest BCUT2D eigenvalue weighted by molar-refractivity contribution is 5.44. The molecule has 2 fully saturated rings. The number of hydrogen-bond donors (Lipinski definition) is 1. The Hall–Kier alpha value is -0.860. The van der Waals surface area contributed by atoms with Crippen molar-refractivity contribution in [3.8, 4) is 0 Å². The molecule has 0 spiro atoms. The van der Waals surface area contributed by atoms with E-state index in [9.17, 15) is 0 Å². The fourth-order valence-corrected chi connectivity index (χ4v) is 3.47. The molecule has 0 saturated heterocycles. The van der Waals surface area contributed by atoms with Gasteiger partial charge in [0.2, 0.25) is 0 Å². The summed E-state index contributed by atoms with van der Waals surface area (Å²) in [7, 11) is 0. The van der Waals surface area contributed by atoms with Gasteiger partial charge in [0.25, 0.3) is 0 Å². The molecule has 1 aliphatic heterocycles. The second-order valence-electron chi connectivity index (χ2n) is 6.02. The molecule has 0 bridgehead atoms. The molecule has 1 aromatic rings. The molecule has 2 heteroatoms. The standard InChI is InChI=1S/C15H19NO/c16-15(6-7-15)14(4-5-14)13-2-1-12-10-17-8-3-11(12)9-13/h1-2,9H,3-8,10,16H2. The first kappa shape index (κ1) is 10.1. The lowest BCUT2D eigenvalue weighted by molar-refractivity contribution is 0.110. The Balaban J connectivity index is 1.75. The monoisotopic (exact) mass is 229 g/mol. The molecule has 0 atom stereocenters. The molecule has 2 N–H and O–H groups in total. The minimum atomic E-state index is 0.131. The van der Waals surface area contributed by atoms with E-state index in [0.717, 1.165) is 19.6 Å². The highest BCUT2D eigenvalue weighted by atomic mass is 16.5. The summed E-state index contributed by atoms with van der Waals surface area (Å²) in [6, 6.07) is 6.97. The van der Waals surface area contributed by atoms with Gasteiger partial charge in [-0.15, -0.1) is 0 Å². The molecule has 2 nitrogen and oxygen atoms in total. The van der Waals surface area contributed by atoms with Crippen LogP contribution in [-0.2, 0) is 23.2 Å². The Kier molecular flexibility index (Phi) is 1.85. The van der Waals surface area contributed by atoms with Gasteiger partial charge in [0.05, 0.1) is 13.2 Å². The molecule has 2 aliphatic carbocycles. The van der Waals surface area contributed by atoms with Gasteiger partial charge in [0, 0.05) is 11.0 Å². The second-order valence-corrected chi connectivity index (χ2v) is 6.02. The van der Waals surface area contributed by atoms with E-state index in [0.29, 0.717) is 5.41 Å². The lowest BCUT2D eigenvalue weighted by atomic mass is 9.84. The van der Waals surface area contributed by atoms with Gasteiger partial charge in [-0.05, 0) is 48.8 Å². The maximum absolute atomic E-state index is 6.47. The van der Waals surface area contributed by atoms with Crippen LogP contribution < -0.4 is 5.73 Å². The van der Waals surface area contributed by atoms with Crippen molar-refractivity contribution in [1.29, 1.82) is 0 Å². The molecule has 4 rings (SSSR count). The van der Waals surface area contributed by atoms with E-state index < -0.39 is 0 Å². The van der Waals surface area contributed by atoms with Crippen LogP contribution >= 0.6 is 0 Å². The van der Waals surface area contributed by atoms with E-state index in [1.807, 2.05) is 0 Å². The van der Waals surface area contributed by atoms with Crippen LogP contribution in [0.1, 0.15) is 42.4 Å². The SMILES string of the molecule is NC1(C2(c3ccc4c(c3)CCOC4)CC2)CC1. The summed E-state index contributed by atoms with van der Waals surface area (Å²) >= 11 is 0. The maximum Gasteiger partial charge on any atom is 0.0719 e. The van der Waals surface area contributed by atoms with Crippen molar-refractivity contribution in [2.45, 2.75) is 49.7 Å². The third-order valence-corrected chi connectivity index (χ3v) is 5.02. The van der Waals surface area contributed by atoms with Crippen molar-refractivity contribution in [2.75, 3.05) is 6.61 Å². The van der Waals surface area contributed by atoms with E-state index in [1.54, 1.807) is 0 Å². The van der Waals surface area contributed by atoms with Gasteiger partial charge in [-0.25, -0.2) is 0 Å². The number of hydrogen-bond acceptors (Lipinski definition) is 2. The summed E-state index contributed by atoms with van der Waals surface area (Å²) in [5.74, 6) is 0. The first-order valence-corrected chi connectivity index (χ1v) is 6.73. The number of fused-ring (bicyclic) bond motifs is 1. The van der Waals surface area contributed by atoms with E-state index in [1.165, 1.54) is 42.4 Å². The fourth-order valence-electron chi connectivity index (χ4n) is 3.47. The Morgan fingerprint density at radius 2 is 1.88 bits per heavy atom. The van der Waals surface area contributed by atoms with Gasteiger partial charge >= 0.3 is 0 Å². The van der Waals surface area contributed by atoms with Crippen LogP contribution in [0.15, 0.2) is 18.2 Å². The molecule has 0 radical (unpaired) electrons. The average Bonchev–Trinajstić information content (AvgIpc) is 3.24. The summed E-state index contributed by atoms with van der Waals surface area (Å²) in [6.07, 6.45) is 6.08. The Bertz CT molecular complexity index is 472. The predicted molar refractivity (Wildman–Crippen MR) is 66.9 cm³/mol. The van der Waals surface area contributed by atoms with Crippen molar-refractivity contribution in [3.63, 3.8) is 0 Å². The molecule has 17 heavy (non-hydrogen) atoms. The first-order chi connectivity index (χ1) is 8.24. The Morgan fingerprint density at radius 3 is 2.59 bits per heavy atom. The van der Waals surface area contributed by atoms with Crippen molar-refractivity contribution >= 4 is 0 Å². The van der Waals surface area contributed by atoms with Gasteiger partial charge < -0.3 is 10.5 Å². The molecule has 0 amide bonds. The Labute approximate surface area is 102 Å². The van der Waals surface area contributed by atoms with Crippen molar-refractivity contribution in [2.24, 2.45) is 5.73 Å². The molecule has 0 unspecified atom stereocenters. The quantitative estimate of drug-likeness (QED) is 0.844. The van der Waals surface area contributed by atoms with E-state index in [-0.39, 0.29) is 5.54 Å². The molecular formula is C15H19NO. The lowest BCUT2D eigenvalue weighted by Gasteiger charge is -2.26. The van der Waals surface area contributed by atoms with Crippen LogP contribution in [0.5, 0.6) is 0 Å². The zero-order valence-corrected chi connectivity index (χ0v) is 10.2. The van der Waals surface area contributed by atoms with Gasteiger partial charge in [-0.1, -0.05) is 18.2 Å². The van der Waals surface area contributed by atoms with Gasteiger partial charge in [-0.2, -0.15) is 0 Å². The number of nitrogens with two attached hydrogens (primary N) is 1. The maximum atomic E-state index is 6.47. The van der Waals surface area contributed by atoms with Crippen molar-refractivity contribution < 1.29 is 4.74 Å². The average molecular weight is 229 g/mol. The molecular weight excluding hydrogens is 210 g/mol. The van der Waals surface area contributed by atoms with Gasteiger partial charge in [0.1, 0.15) is 0 Å². The topological polar surface area (TPSA) is 35.2 Å². The van der Waals surface area contributed by atoms with E-state index >= 15 is 0 Å². The van der Waals surface area contributed by atoms with Gasteiger partial charge in [0.15, 0.2) is 0 Å². The number of benzene rings is 1. The first-order valence-electron chi connectivity index (χ1n) is 6.73. The highest BCUT2D eigenvalue weighted by Crippen LogP contribution is 2.63. The zero-order chi connectivity index (χ0) is 11.5. The van der Waals surface area contributed by atoms with Crippen molar-refractivity contribution in [1.82, 2.24) is 0 Å². The minimum absolute atomic E-state index is 0.131. The molecule has 1 aromatic carbocycles. The Morgan fingerprint density at radius 1 is 1.06 bits per heavy atom. The van der Waals surface area contributed by atoms with E-state index in [2.05, 4.69) is 18.2 Å². The fraction of sp³-hybridized carbons (Fsp3) is 0.600. The van der Waals surface area contributed by atoms with Crippen LogP contribution in [0.3, 0.4) is 0 Å². The molecule has 90 valence electrons. The lowest BCUT2D eigenvalue weighted by Crippen LogP contribution is -2.37. The zero-order valence-electron chi connectivity index (χ0n) is 10.2. The predicted octanol–water partition coefficient (Wildman–Crippen LogP) is 2.28. The van der Waals surface area contributed by atoms with Crippen LogP contribution in [-0.4, -0.2) is 12.1 Å². The summed E-state index contributed by atoms with van der Waals surface area (Å²) in [5, 5.41) is 0. The molecule has 0 aromatic heterocycles. The number of ether oxygens (including phenoxy) is 1. The largest absolute Gasteiger partial charge is 0.376 e. The van der Waals surface area contributed by atoms with Crippen LogP contribution in [0.25, 0.3) is 0 Å². The normalized spacial score (nSPS) is 27.4. The summed E-state index contributed by atoms with van der Waals surface area (Å²) < 4.78 is 5.49.